The molecule has 0 aliphatic rings. The number of benzene rings is 1. The van der Waals surface area contributed by atoms with Crippen LogP contribution in [0.2, 0.25) is 0 Å². The number of nitrogens with zero attached hydrogens (tertiary/aromatic N) is 4. The molecule has 0 radical (unpaired) electrons. The lowest BCUT2D eigenvalue weighted by Gasteiger charge is -2.18. The van der Waals surface area contributed by atoms with E-state index < -0.39 is 0 Å². The van der Waals surface area contributed by atoms with Crippen molar-refractivity contribution >= 4 is 5.82 Å². The molecule has 0 aliphatic heterocycles. The van der Waals surface area contributed by atoms with Crippen LogP contribution >= 0.6 is 0 Å². The van der Waals surface area contributed by atoms with Crippen molar-refractivity contribution in [1.82, 2.24) is 10.2 Å². The van der Waals surface area contributed by atoms with Crippen LogP contribution in [-0.4, -0.2) is 17.2 Å². The molecule has 4 heteroatoms. The predicted molar refractivity (Wildman–Crippen MR) is 70.0 cm³/mol. The molecular formula is C14H14N4. The number of anilines is 1. The fraction of sp³-hybridized carbons (Fsp3) is 0.214. The molecule has 2 aromatic rings. The minimum Gasteiger partial charge on any atom is -0.353 e. The molecular weight excluding hydrogens is 224 g/mol. The van der Waals surface area contributed by atoms with Crippen LogP contribution in [0.4, 0.5) is 5.82 Å². The summed E-state index contributed by atoms with van der Waals surface area (Å²) in [5, 5.41) is 17.2. The van der Waals surface area contributed by atoms with Crippen LogP contribution in [0.15, 0.2) is 36.4 Å². The van der Waals surface area contributed by atoms with E-state index in [4.69, 9.17) is 5.26 Å². The molecule has 2 rings (SSSR count). The number of aromatic nitrogens is 2. The summed E-state index contributed by atoms with van der Waals surface area (Å²) in [6, 6.07) is 14.0. The summed E-state index contributed by atoms with van der Waals surface area (Å²) >= 11 is 0. The zero-order valence-electron chi connectivity index (χ0n) is 10.5. The average Bonchev–Trinajstić information content (AvgIpc) is 2.39. The molecule has 0 bridgehead atoms. The van der Waals surface area contributed by atoms with E-state index in [0.717, 1.165) is 5.69 Å². The summed E-state index contributed by atoms with van der Waals surface area (Å²) in [6.07, 6.45) is 0. The molecule has 0 N–H and O–H groups in total. The Morgan fingerprint density at radius 3 is 2.61 bits per heavy atom. The summed E-state index contributed by atoms with van der Waals surface area (Å²) in [5.41, 5.74) is 2.48. The summed E-state index contributed by atoms with van der Waals surface area (Å²) in [6.45, 7) is 2.53. The van der Waals surface area contributed by atoms with E-state index in [2.05, 4.69) is 16.3 Å². The maximum Gasteiger partial charge on any atom is 0.169 e. The monoisotopic (exact) mass is 238 g/mol. The molecule has 0 saturated heterocycles. The molecule has 0 unspecified atom stereocenters. The zero-order chi connectivity index (χ0) is 13.0. The molecule has 0 saturated carbocycles. The normalized spacial score (nSPS) is 9.83. The predicted octanol–water partition coefficient (Wildman–Crippen LogP) is 2.29. The first kappa shape index (κ1) is 12.1. The van der Waals surface area contributed by atoms with Crippen molar-refractivity contribution in [2.24, 2.45) is 0 Å². The zero-order valence-corrected chi connectivity index (χ0v) is 10.5. The van der Waals surface area contributed by atoms with E-state index >= 15 is 0 Å². The molecule has 18 heavy (non-hydrogen) atoms. The van der Waals surface area contributed by atoms with Gasteiger partial charge in [-0.1, -0.05) is 30.3 Å². The highest BCUT2D eigenvalue weighted by Crippen LogP contribution is 2.17. The Hall–Kier alpha value is -2.41. The van der Waals surface area contributed by atoms with Crippen LogP contribution in [0, 0.1) is 18.3 Å². The molecule has 0 spiro atoms. The van der Waals surface area contributed by atoms with Crippen molar-refractivity contribution < 1.29 is 0 Å². The van der Waals surface area contributed by atoms with Crippen LogP contribution in [0.5, 0.6) is 0 Å². The Morgan fingerprint density at radius 1 is 1.22 bits per heavy atom. The Kier molecular flexibility index (Phi) is 3.54. The third-order valence-corrected chi connectivity index (χ3v) is 2.64. The fourth-order valence-corrected chi connectivity index (χ4v) is 1.78. The van der Waals surface area contributed by atoms with Crippen LogP contribution in [0.3, 0.4) is 0 Å². The van der Waals surface area contributed by atoms with Gasteiger partial charge in [0.15, 0.2) is 5.82 Å². The Balaban J connectivity index is 2.24. The second-order valence-corrected chi connectivity index (χ2v) is 4.18. The Labute approximate surface area is 107 Å². The third-order valence-electron chi connectivity index (χ3n) is 2.64. The van der Waals surface area contributed by atoms with Gasteiger partial charge >= 0.3 is 0 Å². The van der Waals surface area contributed by atoms with Crippen molar-refractivity contribution in [2.45, 2.75) is 13.5 Å². The Bertz CT molecular complexity index is 572. The highest BCUT2D eigenvalue weighted by Gasteiger charge is 2.10. The van der Waals surface area contributed by atoms with Crippen molar-refractivity contribution in [1.29, 1.82) is 5.26 Å². The fourth-order valence-electron chi connectivity index (χ4n) is 1.78. The number of hydrogen-bond acceptors (Lipinski definition) is 4. The maximum absolute atomic E-state index is 9.11. The third kappa shape index (κ3) is 2.64. The second kappa shape index (κ2) is 5.28. The molecule has 1 aromatic heterocycles. The van der Waals surface area contributed by atoms with Crippen LogP contribution in [-0.2, 0) is 6.54 Å². The lowest BCUT2D eigenvalue weighted by Crippen LogP contribution is -2.19. The Morgan fingerprint density at radius 2 is 1.94 bits per heavy atom. The van der Waals surface area contributed by atoms with Crippen LogP contribution in [0.1, 0.15) is 16.8 Å². The van der Waals surface area contributed by atoms with E-state index in [1.54, 1.807) is 6.07 Å². The van der Waals surface area contributed by atoms with Gasteiger partial charge < -0.3 is 4.90 Å². The lowest BCUT2D eigenvalue weighted by atomic mass is 10.2. The highest BCUT2D eigenvalue weighted by atomic mass is 15.2. The lowest BCUT2D eigenvalue weighted by molar-refractivity contribution is 0.853. The van der Waals surface area contributed by atoms with Crippen molar-refractivity contribution in [3.63, 3.8) is 0 Å². The van der Waals surface area contributed by atoms with Gasteiger partial charge in [0.25, 0.3) is 0 Å². The van der Waals surface area contributed by atoms with Gasteiger partial charge in [0.2, 0.25) is 0 Å². The average molecular weight is 238 g/mol. The van der Waals surface area contributed by atoms with Gasteiger partial charge in [0.1, 0.15) is 6.07 Å². The molecule has 4 nitrogen and oxygen atoms in total. The number of nitriles is 1. The van der Waals surface area contributed by atoms with E-state index in [0.29, 0.717) is 17.9 Å². The number of hydrogen-bond donors (Lipinski definition) is 0. The second-order valence-electron chi connectivity index (χ2n) is 4.18. The van der Waals surface area contributed by atoms with Gasteiger partial charge in [-0.25, -0.2) is 0 Å². The first-order valence-corrected chi connectivity index (χ1v) is 5.70. The molecule has 1 aromatic carbocycles. The van der Waals surface area contributed by atoms with Gasteiger partial charge in [0, 0.05) is 13.6 Å². The number of aryl methyl sites for hydroxylation is 1. The van der Waals surface area contributed by atoms with Crippen molar-refractivity contribution in [2.75, 3.05) is 11.9 Å². The molecule has 1 heterocycles. The maximum atomic E-state index is 9.11. The first-order chi connectivity index (χ1) is 8.70. The largest absolute Gasteiger partial charge is 0.353 e. The quantitative estimate of drug-likeness (QED) is 0.823. The van der Waals surface area contributed by atoms with Gasteiger partial charge in [-0.15, -0.1) is 5.10 Å². The molecule has 0 amide bonds. The van der Waals surface area contributed by atoms with Crippen LogP contribution < -0.4 is 4.90 Å². The standard InChI is InChI=1S/C14H14N4/c1-11-8-13(9-15)14(17-16-11)18(2)10-12-6-4-3-5-7-12/h3-8H,10H2,1-2H3. The summed E-state index contributed by atoms with van der Waals surface area (Å²) in [7, 11) is 1.91. The van der Waals surface area contributed by atoms with Gasteiger partial charge in [-0.3, -0.25) is 0 Å². The topological polar surface area (TPSA) is 52.8 Å². The van der Waals surface area contributed by atoms with Crippen LogP contribution in [0.25, 0.3) is 0 Å². The number of rotatable bonds is 3. The SMILES string of the molecule is Cc1cc(C#N)c(N(C)Cc2ccccc2)nn1. The van der Waals surface area contributed by atoms with E-state index in [1.165, 1.54) is 5.56 Å². The molecule has 0 atom stereocenters. The van der Waals surface area contributed by atoms with Gasteiger partial charge in [-0.05, 0) is 18.6 Å². The van der Waals surface area contributed by atoms with Gasteiger partial charge in [0.05, 0.1) is 11.3 Å². The van der Waals surface area contributed by atoms with E-state index in [9.17, 15) is 0 Å². The summed E-state index contributed by atoms with van der Waals surface area (Å²) in [5.74, 6) is 0.618. The minimum absolute atomic E-state index is 0.556. The minimum atomic E-state index is 0.556. The first-order valence-electron chi connectivity index (χ1n) is 5.70. The van der Waals surface area contributed by atoms with Crippen molar-refractivity contribution in [3.8, 4) is 6.07 Å². The molecule has 90 valence electrons. The summed E-state index contributed by atoms with van der Waals surface area (Å²) < 4.78 is 0. The van der Waals surface area contributed by atoms with E-state index in [1.807, 2.05) is 49.2 Å². The van der Waals surface area contributed by atoms with Gasteiger partial charge in [-0.2, -0.15) is 10.4 Å². The molecule has 0 aliphatic carbocycles. The van der Waals surface area contributed by atoms with E-state index in [-0.39, 0.29) is 0 Å². The smallest absolute Gasteiger partial charge is 0.169 e. The van der Waals surface area contributed by atoms with Crippen molar-refractivity contribution in [3.05, 3.63) is 53.2 Å². The highest BCUT2D eigenvalue weighted by molar-refractivity contribution is 5.53. The summed E-state index contributed by atoms with van der Waals surface area (Å²) in [4.78, 5) is 1.93. The molecule has 0 fully saturated rings.